The Bertz CT molecular complexity index is 101. The second kappa shape index (κ2) is 13.6. The lowest BCUT2D eigenvalue weighted by atomic mass is 10.3. The number of nitrogens with one attached hydrogen (secondary N) is 1. The Hall–Kier alpha value is 0.01000. The van der Waals surface area contributed by atoms with E-state index in [1.54, 1.807) is 0 Å². The van der Waals surface area contributed by atoms with Crippen molar-refractivity contribution in [1.29, 1.82) is 0 Å². The quantitative estimate of drug-likeness (QED) is 0.559. The molecule has 0 radical (unpaired) electrons. The topological polar surface area (TPSA) is 38.3 Å². The Balaban J connectivity index is -0.000000405. The molecule has 0 amide bonds. The number of hydrogen-bond donors (Lipinski definition) is 1. The first kappa shape index (κ1) is 17.9. The van der Waals surface area contributed by atoms with Crippen LogP contribution in [0.5, 0.6) is 0 Å². The first-order chi connectivity index (χ1) is 4.81. The molecule has 0 bridgehead atoms. The summed E-state index contributed by atoms with van der Waals surface area (Å²) in [6.45, 7) is 3.89. The highest BCUT2D eigenvalue weighted by molar-refractivity contribution is 5.85. The van der Waals surface area contributed by atoms with Crippen molar-refractivity contribution in [3.63, 3.8) is 0 Å². The van der Waals surface area contributed by atoms with Gasteiger partial charge in [-0.15, -0.1) is 24.8 Å². The van der Waals surface area contributed by atoms with Crippen molar-refractivity contribution >= 4 is 30.8 Å². The minimum absolute atomic E-state index is 0. The number of esters is 1. The molecule has 0 spiro atoms. The maximum Gasteiger partial charge on any atom is 0.305 e. The van der Waals surface area contributed by atoms with Crippen molar-refractivity contribution in [3.05, 3.63) is 0 Å². The predicted octanol–water partition coefficient (Wildman–Crippen LogP) is 1.39. The number of carbonyl (C=O) groups excluding carboxylic acids is 1. The van der Waals surface area contributed by atoms with E-state index in [1.165, 1.54) is 7.11 Å². The molecule has 1 N–H and O–H groups in total. The van der Waals surface area contributed by atoms with E-state index in [4.69, 9.17) is 0 Å². The van der Waals surface area contributed by atoms with Crippen LogP contribution in [0.25, 0.3) is 0 Å². The fourth-order valence-corrected chi connectivity index (χ4v) is 0.637. The largest absolute Gasteiger partial charge is 0.469 e. The first-order valence-electron chi connectivity index (χ1n) is 3.58. The summed E-state index contributed by atoms with van der Waals surface area (Å²) >= 11 is 0. The first-order valence-corrected chi connectivity index (χ1v) is 3.58. The molecule has 0 aromatic rings. The van der Waals surface area contributed by atoms with Crippen LogP contribution in [0, 0.1) is 0 Å². The molecule has 76 valence electrons. The lowest BCUT2D eigenvalue weighted by molar-refractivity contribution is -0.140. The fourth-order valence-electron chi connectivity index (χ4n) is 0.637. The van der Waals surface area contributed by atoms with Gasteiger partial charge in [0.15, 0.2) is 0 Å². The molecule has 0 unspecified atom stereocenters. The summed E-state index contributed by atoms with van der Waals surface area (Å²) in [7, 11) is 1.41. The lowest BCUT2D eigenvalue weighted by Crippen LogP contribution is -2.15. The molecule has 0 fully saturated rings. The molecule has 0 rings (SSSR count). The van der Waals surface area contributed by atoms with E-state index in [0.29, 0.717) is 6.42 Å². The molecule has 0 aromatic heterocycles. The Kier molecular flexibility index (Phi) is 20.3. The number of carbonyl (C=O) groups is 1. The lowest BCUT2D eigenvalue weighted by Gasteiger charge is -1.99. The van der Waals surface area contributed by atoms with E-state index in [2.05, 4.69) is 10.1 Å². The summed E-state index contributed by atoms with van der Waals surface area (Å²) in [5, 5.41) is 3.12. The van der Waals surface area contributed by atoms with Gasteiger partial charge in [-0.05, 0) is 19.5 Å². The van der Waals surface area contributed by atoms with Gasteiger partial charge in [-0.3, -0.25) is 4.79 Å². The predicted molar refractivity (Wildman–Crippen MR) is 54.3 cm³/mol. The summed E-state index contributed by atoms with van der Waals surface area (Å²) in [4.78, 5) is 10.5. The van der Waals surface area contributed by atoms with E-state index in [0.717, 1.165) is 19.5 Å². The number of rotatable bonds is 5. The Morgan fingerprint density at radius 3 is 2.42 bits per heavy atom. The van der Waals surface area contributed by atoms with E-state index < -0.39 is 0 Å². The molecule has 0 atom stereocenters. The van der Waals surface area contributed by atoms with Crippen LogP contribution in [0.2, 0.25) is 0 Å². The summed E-state index contributed by atoms with van der Waals surface area (Å²) in [6.07, 6.45) is 1.38. The van der Waals surface area contributed by atoms with Crippen LogP contribution in [0.1, 0.15) is 19.8 Å². The molecule has 0 saturated carbocycles. The normalized spacial score (nSPS) is 7.83. The van der Waals surface area contributed by atoms with Gasteiger partial charge in [0, 0.05) is 6.42 Å². The van der Waals surface area contributed by atoms with Gasteiger partial charge in [0.25, 0.3) is 0 Å². The highest BCUT2D eigenvalue weighted by Crippen LogP contribution is 1.88. The van der Waals surface area contributed by atoms with Gasteiger partial charge in [0.1, 0.15) is 0 Å². The number of ether oxygens (including phenoxy) is 1. The molecule has 12 heavy (non-hydrogen) atoms. The van der Waals surface area contributed by atoms with Gasteiger partial charge in [-0.25, -0.2) is 0 Å². The smallest absolute Gasteiger partial charge is 0.305 e. The van der Waals surface area contributed by atoms with Crippen LogP contribution in [0.4, 0.5) is 0 Å². The maximum atomic E-state index is 10.5. The highest BCUT2D eigenvalue weighted by Gasteiger charge is 1.96. The van der Waals surface area contributed by atoms with Crippen LogP contribution in [-0.4, -0.2) is 26.2 Å². The zero-order valence-electron chi connectivity index (χ0n) is 7.46. The van der Waals surface area contributed by atoms with Crippen LogP contribution < -0.4 is 5.32 Å². The molecule has 0 heterocycles. The molecule has 3 nitrogen and oxygen atoms in total. The molecule has 0 saturated heterocycles. The van der Waals surface area contributed by atoms with E-state index in [-0.39, 0.29) is 30.8 Å². The number of hydrogen-bond acceptors (Lipinski definition) is 3. The number of halogens is 2. The van der Waals surface area contributed by atoms with Gasteiger partial charge in [0.05, 0.1) is 7.11 Å². The van der Waals surface area contributed by atoms with Crippen molar-refractivity contribution in [2.24, 2.45) is 0 Å². The van der Waals surface area contributed by atoms with Crippen LogP contribution in [0.15, 0.2) is 0 Å². The van der Waals surface area contributed by atoms with E-state index in [1.807, 2.05) is 6.92 Å². The molecule has 0 aliphatic carbocycles. The van der Waals surface area contributed by atoms with Gasteiger partial charge in [-0.2, -0.15) is 0 Å². The van der Waals surface area contributed by atoms with Gasteiger partial charge < -0.3 is 10.1 Å². The van der Waals surface area contributed by atoms with Gasteiger partial charge in [-0.1, -0.05) is 6.92 Å². The third kappa shape index (κ3) is 12.7. The van der Waals surface area contributed by atoms with Crippen LogP contribution in [-0.2, 0) is 9.53 Å². The average Bonchev–Trinajstić information content (AvgIpc) is 1.98. The van der Waals surface area contributed by atoms with Gasteiger partial charge >= 0.3 is 5.97 Å². The summed E-state index contributed by atoms with van der Waals surface area (Å²) in [5.74, 6) is -0.127. The van der Waals surface area contributed by atoms with Crippen molar-refractivity contribution in [1.82, 2.24) is 5.32 Å². The maximum absolute atomic E-state index is 10.5. The van der Waals surface area contributed by atoms with Gasteiger partial charge in [0.2, 0.25) is 0 Å². The summed E-state index contributed by atoms with van der Waals surface area (Å²) in [6, 6.07) is 0. The minimum Gasteiger partial charge on any atom is -0.469 e. The molecule has 5 heteroatoms. The zero-order valence-corrected chi connectivity index (χ0v) is 9.09. The third-order valence-electron chi connectivity index (χ3n) is 1.21. The Morgan fingerprint density at radius 2 is 2.00 bits per heavy atom. The molecular formula is C7H17Cl2NO2. The van der Waals surface area contributed by atoms with Crippen molar-refractivity contribution in [2.75, 3.05) is 20.2 Å². The molecule has 0 aliphatic rings. The Labute approximate surface area is 86.1 Å². The van der Waals surface area contributed by atoms with Crippen LogP contribution >= 0.6 is 24.8 Å². The van der Waals surface area contributed by atoms with E-state index >= 15 is 0 Å². The molecular weight excluding hydrogens is 201 g/mol. The van der Waals surface area contributed by atoms with Crippen molar-refractivity contribution in [2.45, 2.75) is 19.8 Å². The number of methoxy groups -OCH3 is 1. The fraction of sp³-hybridized carbons (Fsp3) is 0.857. The molecule has 0 aromatic carbocycles. The monoisotopic (exact) mass is 217 g/mol. The third-order valence-corrected chi connectivity index (χ3v) is 1.21. The highest BCUT2D eigenvalue weighted by atomic mass is 35.5. The second-order valence-corrected chi connectivity index (χ2v) is 2.03. The summed E-state index contributed by atoms with van der Waals surface area (Å²) in [5.41, 5.74) is 0. The summed E-state index contributed by atoms with van der Waals surface area (Å²) < 4.78 is 4.46. The molecule has 0 aliphatic heterocycles. The Morgan fingerprint density at radius 1 is 1.42 bits per heavy atom. The van der Waals surface area contributed by atoms with E-state index in [9.17, 15) is 4.79 Å². The van der Waals surface area contributed by atoms with Crippen LogP contribution in [0.3, 0.4) is 0 Å². The zero-order chi connectivity index (χ0) is 7.82. The SMILES string of the molecule is CCNCCCC(=O)OC.Cl.Cl. The minimum atomic E-state index is -0.127. The van der Waals surface area contributed by atoms with Crippen molar-refractivity contribution in [3.8, 4) is 0 Å². The standard InChI is InChI=1S/C7H15NO2.2ClH/c1-3-8-6-4-5-7(9)10-2;;/h8H,3-6H2,1-2H3;2*1H. The average molecular weight is 218 g/mol. The second-order valence-electron chi connectivity index (χ2n) is 2.03. The van der Waals surface area contributed by atoms with Crippen molar-refractivity contribution < 1.29 is 9.53 Å².